The number of rotatable bonds is 6. The smallest absolute Gasteiger partial charge is 0.266 e. The van der Waals surface area contributed by atoms with Crippen molar-refractivity contribution in [2.24, 2.45) is 0 Å². The van der Waals surface area contributed by atoms with Crippen molar-refractivity contribution in [3.8, 4) is 0 Å². The third kappa shape index (κ3) is 3.78. The molecule has 20 heavy (non-hydrogen) atoms. The van der Waals surface area contributed by atoms with E-state index >= 15 is 0 Å². The summed E-state index contributed by atoms with van der Waals surface area (Å²) in [4.78, 5) is 11.9. The predicted octanol–water partition coefficient (Wildman–Crippen LogP) is 2.29. The van der Waals surface area contributed by atoms with E-state index in [2.05, 4.69) is 29.5 Å². The number of hydrogen-bond donors (Lipinski definition) is 1. The van der Waals surface area contributed by atoms with Crippen LogP contribution in [0.4, 0.5) is 0 Å². The molecule has 1 atom stereocenters. The number of hydrogen-bond acceptors (Lipinski definition) is 3. The maximum absolute atomic E-state index is 11.9. The lowest BCUT2D eigenvalue weighted by molar-refractivity contribution is 0.424. The Morgan fingerprint density at radius 1 is 1.20 bits per heavy atom. The minimum atomic E-state index is -0.0603. The lowest BCUT2D eigenvalue weighted by atomic mass is 10.1. The quantitative estimate of drug-likeness (QED) is 0.877. The Morgan fingerprint density at radius 3 is 2.65 bits per heavy atom. The summed E-state index contributed by atoms with van der Waals surface area (Å²) < 4.78 is 1.54. The Hall–Kier alpha value is -1.94. The topological polar surface area (TPSA) is 46.9 Å². The van der Waals surface area contributed by atoms with Crippen molar-refractivity contribution >= 4 is 0 Å². The molecule has 1 aromatic carbocycles. The first-order valence-electron chi connectivity index (χ1n) is 7.04. The molecule has 0 amide bonds. The van der Waals surface area contributed by atoms with Gasteiger partial charge in [-0.2, -0.15) is 5.10 Å². The van der Waals surface area contributed by atoms with E-state index in [9.17, 15) is 4.79 Å². The van der Waals surface area contributed by atoms with Crippen LogP contribution in [0.3, 0.4) is 0 Å². The molecule has 1 N–H and O–H groups in total. The average molecular weight is 271 g/mol. The van der Waals surface area contributed by atoms with Crippen LogP contribution in [0.25, 0.3) is 0 Å². The Bertz CT molecular complexity index is 592. The SMILES string of the molecule is CCCNC(Cn1nc(C)ccc1=O)c1ccccc1. The molecular weight excluding hydrogens is 250 g/mol. The van der Waals surface area contributed by atoms with Gasteiger partial charge in [-0.1, -0.05) is 37.3 Å². The van der Waals surface area contributed by atoms with E-state index in [1.165, 1.54) is 10.2 Å². The number of aryl methyl sites for hydroxylation is 1. The van der Waals surface area contributed by atoms with Crippen LogP contribution in [0, 0.1) is 6.92 Å². The van der Waals surface area contributed by atoms with E-state index in [-0.39, 0.29) is 11.6 Å². The summed E-state index contributed by atoms with van der Waals surface area (Å²) in [6, 6.07) is 13.6. The van der Waals surface area contributed by atoms with E-state index in [4.69, 9.17) is 0 Å². The van der Waals surface area contributed by atoms with E-state index < -0.39 is 0 Å². The highest BCUT2D eigenvalue weighted by Crippen LogP contribution is 2.13. The van der Waals surface area contributed by atoms with Gasteiger partial charge in [-0.25, -0.2) is 4.68 Å². The van der Waals surface area contributed by atoms with Gasteiger partial charge in [0.25, 0.3) is 5.56 Å². The van der Waals surface area contributed by atoms with Gasteiger partial charge in [0.05, 0.1) is 18.3 Å². The molecule has 106 valence electrons. The number of nitrogens with zero attached hydrogens (tertiary/aromatic N) is 2. The molecule has 2 rings (SSSR count). The fourth-order valence-electron chi connectivity index (χ4n) is 2.15. The highest BCUT2D eigenvalue weighted by atomic mass is 16.1. The molecule has 0 bridgehead atoms. The fourth-order valence-corrected chi connectivity index (χ4v) is 2.15. The van der Waals surface area contributed by atoms with Gasteiger partial charge >= 0.3 is 0 Å². The third-order valence-electron chi connectivity index (χ3n) is 3.20. The van der Waals surface area contributed by atoms with Crippen molar-refractivity contribution in [1.29, 1.82) is 0 Å². The fraction of sp³-hybridized carbons (Fsp3) is 0.375. The minimum Gasteiger partial charge on any atom is -0.308 e. The Kier molecular flexibility index (Phi) is 5.07. The van der Waals surface area contributed by atoms with Crippen LogP contribution in [0.5, 0.6) is 0 Å². The molecule has 2 aromatic rings. The lowest BCUT2D eigenvalue weighted by Gasteiger charge is -2.19. The van der Waals surface area contributed by atoms with Gasteiger partial charge in [-0.05, 0) is 31.5 Å². The number of aromatic nitrogens is 2. The summed E-state index contributed by atoms with van der Waals surface area (Å²) in [5.41, 5.74) is 1.97. The van der Waals surface area contributed by atoms with Crippen molar-refractivity contribution in [2.45, 2.75) is 32.9 Å². The monoisotopic (exact) mass is 271 g/mol. The van der Waals surface area contributed by atoms with Crippen molar-refractivity contribution in [3.63, 3.8) is 0 Å². The molecule has 1 unspecified atom stereocenters. The van der Waals surface area contributed by atoms with Gasteiger partial charge in [-0.3, -0.25) is 4.79 Å². The molecule has 1 heterocycles. The summed E-state index contributed by atoms with van der Waals surface area (Å²) in [5, 5.41) is 7.79. The van der Waals surface area contributed by atoms with Crippen LogP contribution in [0.15, 0.2) is 47.3 Å². The summed E-state index contributed by atoms with van der Waals surface area (Å²) in [6.07, 6.45) is 1.06. The lowest BCUT2D eigenvalue weighted by Crippen LogP contribution is -2.32. The summed E-state index contributed by atoms with van der Waals surface area (Å²) >= 11 is 0. The van der Waals surface area contributed by atoms with Crippen molar-refractivity contribution in [3.05, 3.63) is 64.1 Å². The second-order valence-corrected chi connectivity index (χ2v) is 4.91. The zero-order chi connectivity index (χ0) is 14.4. The zero-order valence-corrected chi connectivity index (χ0v) is 12.0. The van der Waals surface area contributed by atoms with Crippen LogP contribution in [-0.2, 0) is 6.54 Å². The first-order chi connectivity index (χ1) is 9.70. The molecule has 4 heteroatoms. The average Bonchev–Trinajstić information content (AvgIpc) is 2.48. The van der Waals surface area contributed by atoms with Crippen LogP contribution < -0.4 is 10.9 Å². The van der Waals surface area contributed by atoms with E-state index in [0.29, 0.717) is 6.54 Å². The second-order valence-electron chi connectivity index (χ2n) is 4.91. The van der Waals surface area contributed by atoms with Gasteiger partial charge < -0.3 is 5.32 Å². The molecule has 0 aliphatic rings. The third-order valence-corrected chi connectivity index (χ3v) is 3.20. The molecule has 0 radical (unpaired) electrons. The maximum atomic E-state index is 11.9. The van der Waals surface area contributed by atoms with Crippen LogP contribution in [-0.4, -0.2) is 16.3 Å². The van der Waals surface area contributed by atoms with Crippen LogP contribution in [0.1, 0.15) is 30.6 Å². The predicted molar refractivity (Wildman–Crippen MR) is 80.7 cm³/mol. The van der Waals surface area contributed by atoms with Crippen molar-refractivity contribution in [2.75, 3.05) is 6.54 Å². The van der Waals surface area contributed by atoms with Crippen LogP contribution in [0.2, 0.25) is 0 Å². The molecule has 0 fully saturated rings. The van der Waals surface area contributed by atoms with Crippen LogP contribution >= 0.6 is 0 Å². The Balaban J connectivity index is 2.23. The van der Waals surface area contributed by atoms with Crippen molar-refractivity contribution < 1.29 is 0 Å². The van der Waals surface area contributed by atoms with E-state index in [1.54, 1.807) is 12.1 Å². The highest BCUT2D eigenvalue weighted by molar-refractivity contribution is 5.18. The first-order valence-corrected chi connectivity index (χ1v) is 7.04. The molecule has 1 aromatic heterocycles. The van der Waals surface area contributed by atoms with Gasteiger partial charge in [0.15, 0.2) is 0 Å². The normalized spacial score (nSPS) is 12.3. The minimum absolute atomic E-state index is 0.0603. The first kappa shape index (κ1) is 14.5. The summed E-state index contributed by atoms with van der Waals surface area (Å²) in [6.45, 7) is 5.49. The molecule has 4 nitrogen and oxygen atoms in total. The Labute approximate surface area is 119 Å². The van der Waals surface area contributed by atoms with Gasteiger partial charge in [0.2, 0.25) is 0 Å². The standard InChI is InChI=1S/C16H21N3O/c1-3-11-17-15(14-7-5-4-6-8-14)12-19-16(20)10-9-13(2)18-19/h4-10,15,17H,3,11-12H2,1-2H3. The highest BCUT2D eigenvalue weighted by Gasteiger charge is 2.12. The molecule has 0 aliphatic heterocycles. The number of benzene rings is 1. The molecule has 0 saturated heterocycles. The summed E-state index contributed by atoms with van der Waals surface area (Å²) in [5.74, 6) is 0. The largest absolute Gasteiger partial charge is 0.308 e. The van der Waals surface area contributed by atoms with Gasteiger partial charge in [-0.15, -0.1) is 0 Å². The second kappa shape index (κ2) is 7.01. The van der Waals surface area contributed by atoms with Crippen molar-refractivity contribution in [1.82, 2.24) is 15.1 Å². The Morgan fingerprint density at radius 2 is 1.95 bits per heavy atom. The summed E-state index contributed by atoms with van der Waals surface area (Å²) in [7, 11) is 0. The van der Waals surface area contributed by atoms with Gasteiger partial charge in [0.1, 0.15) is 0 Å². The van der Waals surface area contributed by atoms with E-state index in [1.807, 2.05) is 25.1 Å². The van der Waals surface area contributed by atoms with E-state index in [0.717, 1.165) is 18.7 Å². The zero-order valence-electron chi connectivity index (χ0n) is 12.0. The van der Waals surface area contributed by atoms with Gasteiger partial charge in [0, 0.05) is 6.07 Å². The molecule has 0 aliphatic carbocycles. The molecule has 0 saturated carbocycles. The maximum Gasteiger partial charge on any atom is 0.266 e. The number of nitrogens with one attached hydrogen (secondary N) is 1. The molecular formula is C16H21N3O. The molecule has 0 spiro atoms.